The van der Waals surface area contributed by atoms with E-state index in [1.165, 1.54) is 0 Å². The Bertz CT molecular complexity index is 304. The minimum Gasteiger partial charge on any atom is -0.481 e. The van der Waals surface area contributed by atoms with E-state index in [0.29, 0.717) is 31.1 Å². The molecule has 0 atom stereocenters. The average Bonchev–Trinajstić information content (AvgIpc) is 2.27. The second-order valence-corrected chi connectivity index (χ2v) is 6.14. The first-order valence-electron chi connectivity index (χ1n) is 6.86. The van der Waals surface area contributed by atoms with E-state index in [4.69, 9.17) is 0 Å². The minimum absolute atomic E-state index is 0.0377. The standard InChI is InChI=1S/C14H25NO3/c1-10(2)8-12(16)15-9-14(13(17)18)6-4-11(3)5-7-14/h10-11H,4-9H2,1-3H3,(H,15,16)(H,17,18). The number of hydrogen-bond acceptors (Lipinski definition) is 2. The third kappa shape index (κ3) is 4.00. The molecule has 1 rings (SSSR count). The lowest BCUT2D eigenvalue weighted by Crippen LogP contribution is -2.45. The van der Waals surface area contributed by atoms with Gasteiger partial charge in [-0.25, -0.2) is 0 Å². The van der Waals surface area contributed by atoms with Gasteiger partial charge in [0.15, 0.2) is 0 Å². The molecule has 4 heteroatoms. The van der Waals surface area contributed by atoms with Crippen LogP contribution in [0.2, 0.25) is 0 Å². The van der Waals surface area contributed by atoms with Gasteiger partial charge in [-0.15, -0.1) is 0 Å². The predicted octanol–water partition coefficient (Wildman–Crippen LogP) is 2.43. The highest BCUT2D eigenvalue weighted by molar-refractivity contribution is 5.79. The van der Waals surface area contributed by atoms with Crippen LogP contribution in [0.15, 0.2) is 0 Å². The number of carbonyl (C=O) groups excluding carboxylic acids is 1. The van der Waals surface area contributed by atoms with Crippen LogP contribution in [0.4, 0.5) is 0 Å². The zero-order valence-corrected chi connectivity index (χ0v) is 11.7. The van der Waals surface area contributed by atoms with Crippen molar-refractivity contribution >= 4 is 11.9 Å². The Kier molecular flexibility index (Phi) is 5.17. The quantitative estimate of drug-likeness (QED) is 0.793. The van der Waals surface area contributed by atoms with Crippen LogP contribution in [0, 0.1) is 17.3 Å². The molecule has 0 saturated heterocycles. The molecule has 0 heterocycles. The van der Waals surface area contributed by atoms with Gasteiger partial charge in [-0.2, -0.15) is 0 Å². The largest absolute Gasteiger partial charge is 0.481 e. The first kappa shape index (κ1) is 15.0. The van der Waals surface area contributed by atoms with Crippen molar-refractivity contribution < 1.29 is 14.7 Å². The second-order valence-electron chi connectivity index (χ2n) is 6.14. The van der Waals surface area contributed by atoms with Gasteiger partial charge >= 0.3 is 5.97 Å². The first-order chi connectivity index (χ1) is 8.35. The van der Waals surface area contributed by atoms with E-state index in [2.05, 4.69) is 12.2 Å². The van der Waals surface area contributed by atoms with E-state index in [0.717, 1.165) is 12.8 Å². The monoisotopic (exact) mass is 255 g/mol. The number of carboxylic acids is 1. The molecule has 0 aromatic heterocycles. The number of carboxylic acid groups (broad SMARTS) is 1. The molecule has 0 spiro atoms. The van der Waals surface area contributed by atoms with Crippen molar-refractivity contribution in [3.8, 4) is 0 Å². The molecule has 18 heavy (non-hydrogen) atoms. The van der Waals surface area contributed by atoms with Crippen molar-refractivity contribution in [3.63, 3.8) is 0 Å². The molecule has 1 fully saturated rings. The highest BCUT2D eigenvalue weighted by atomic mass is 16.4. The summed E-state index contributed by atoms with van der Waals surface area (Å²) in [6.45, 7) is 6.40. The van der Waals surface area contributed by atoms with Crippen molar-refractivity contribution in [3.05, 3.63) is 0 Å². The Labute approximate surface area is 109 Å². The van der Waals surface area contributed by atoms with Gasteiger partial charge in [0.2, 0.25) is 5.91 Å². The summed E-state index contributed by atoms with van der Waals surface area (Å²) >= 11 is 0. The Morgan fingerprint density at radius 1 is 1.33 bits per heavy atom. The average molecular weight is 255 g/mol. The predicted molar refractivity (Wildman–Crippen MR) is 70.2 cm³/mol. The van der Waals surface area contributed by atoms with Crippen molar-refractivity contribution in [2.24, 2.45) is 17.3 Å². The Morgan fingerprint density at radius 3 is 2.33 bits per heavy atom. The van der Waals surface area contributed by atoms with E-state index >= 15 is 0 Å². The van der Waals surface area contributed by atoms with Crippen molar-refractivity contribution in [2.45, 2.75) is 52.9 Å². The van der Waals surface area contributed by atoms with Crippen LogP contribution in [-0.2, 0) is 9.59 Å². The van der Waals surface area contributed by atoms with Gasteiger partial charge < -0.3 is 10.4 Å². The smallest absolute Gasteiger partial charge is 0.311 e. The summed E-state index contributed by atoms with van der Waals surface area (Å²) in [5.41, 5.74) is -0.737. The maximum atomic E-state index is 11.6. The lowest BCUT2D eigenvalue weighted by Gasteiger charge is -2.35. The molecule has 1 aliphatic rings. The Hall–Kier alpha value is -1.06. The highest BCUT2D eigenvalue weighted by Crippen LogP contribution is 2.38. The molecule has 0 bridgehead atoms. The van der Waals surface area contributed by atoms with Gasteiger partial charge in [0.1, 0.15) is 0 Å². The number of nitrogens with one attached hydrogen (secondary N) is 1. The second kappa shape index (κ2) is 6.21. The van der Waals surface area contributed by atoms with Crippen LogP contribution in [0.1, 0.15) is 52.9 Å². The van der Waals surface area contributed by atoms with Crippen molar-refractivity contribution in [1.29, 1.82) is 0 Å². The molecule has 1 aliphatic carbocycles. The normalized spacial score (nSPS) is 28.1. The summed E-state index contributed by atoms with van der Waals surface area (Å²) in [7, 11) is 0. The van der Waals surface area contributed by atoms with Crippen LogP contribution in [-0.4, -0.2) is 23.5 Å². The third-order valence-electron chi connectivity index (χ3n) is 3.90. The van der Waals surface area contributed by atoms with Gasteiger partial charge in [0.25, 0.3) is 0 Å². The summed E-state index contributed by atoms with van der Waals surface area (Å²) in [5.74, 6) is 0.101. The minimum atomic E-state index is -0.765. The fraction of sp³-hybridized carbons (Fsp3) is 0.857. The van der Waals surface area contributed by atoms with Crippen LogP contribution in [0.5, 0.6) is 0 Å². The van der Waals surface area contributed by atoms with Crippen molar-refractivity contribution in [1.82, 2.24) is 5.32 Å². The third-order valence-corrected chi connectivity index (χ3v) is 3.90. The molecule has 0 aliphatic heterocycles. The van der Waals surface area contributed by atoms with E-state index < -0.39 is 11.4 Å². The zero-order valence-electron chi connectivity index (χ0n) is 11.7. The molecule has 104 valence electrons. The summed E-state index contributed by atoms with van der Waals surface area (Å²) in [5, 5.41) is 12.2. The van der Waals surface area contributed by atoms with Crippen LogP contribution >= 0.6 is 0 Å². The fourth-order valence-corrected chi connectivity index (χ4v) is 2.49. The zero-order chi connectivity index (χ0) is 13.8. The molecular weight excluding hydrogens is 230 g/mol. The van der Waals surface area contributed by atoms with E-state index in [1.807, 2.05) is 13.8 Å². The lowest BCUT2D eigenvalue weighted by molar-refractivity contribution is -0.151. The van der Waals surface area contributed by atoms with Crippen LogP contribution in [0.25, 0.3) is 0 Å². The Balaban J connectivity index is 2.54. The lowest BCUT2D eigenvalue weighted by atomic mass is 9.71. The number of rotatable bonds is 5. The van der Waals surface area contributed by atoms with E-state index in [9.17, 15) is 14.7 Å². The summed E-state index contributed by atoms with van der Waals surface area (Å²) in [6, 6.07) is 0. The molecule has 0 aromatic carbocycles. The van der Waals surface area contributed by atoms with E-state index in [1.54, 1.807) is 0 Å². The number of aliphatic carboxylic acids is 1. The molecule has 2 N–H and O–H groups in total. The highest BCUT2D eigenvalue weighted by Gasteiger charge is 2.41. The maximum absolute atomic E-state index is 11.6. The summed E-state index contributed by atoms with van der Waals surface area (Å²) < 4.78 is 0. The molecule has 0 unspecified atom stereocenters. The Morgan fingerprint density at radius 2 is 1.89 bits per heavy atom. The van der Waals surface area contributed by atoms with Gasteiger partial charge in [0, 0.05) is 13.0 Å². The number of carbonyl (C=O) groups is 2. The van der Waals surface area contributed by atoms with Gasteiger partial charge in [-0.3, -0.25) is 9.59 Å². The van der Waals surface area contributed by atoms with Gasteiger partial charge in [0.05, 0.1) is 5.41 Å². The van der Waals surface area contributed by atoms with Crippen LogP contribution < -0.4 is 5.32 Å². The summed E-state index contributed by atoms with van der Waals surface area (Å²) in [6.07, 6.45) is 3.68. The summed E-state index contributed by atoms with van der Waals surface area (Å²) in [4.78, 5) is 23.1. The van der Waals surface area contributed by atoms with Gasteiger partial charge in [-0.05, 0) is 37.5 Å². The molecule has 4 nitrogen and oxygen atoms in total. The van der Waals surface area contributed by atoms with Crippen LogP contribution in [0.3, 0.4) is 0 Å². The molecule has 1 amide bonds. The van der Waals surface area contributed by atoms with Gasteiger partial charge in [-0.1, -0.05) is 20.8 Å². The molecule has 1 saturated carbocycles. The first-order valence-corrected chi connectivity index (χ1v) is 6.86. The SMILES string of the molecule is CC(C)CC(=O)NCC1(C(=O)O)CCC(C)CC1. The van der Waals surface area contributed by atoms with Crippen molar-refractivity contribution in [2.75, 3.05) is 6.54 Å². The maximum Gasteiger partial charge on any atom is 0.311 e. The molecular formula is C14H25NO3. The topological polar surface area (TPSA) is 66.4 Å². The molecule has 0 radical (unpaired) electrons. The fourth-order valence-electron chi connectivity index (χ4n) is 2.49. The molecule has 0 aromatic rings. The number of amides is 1. The number of hydrogen-bond donors (Lipinski definition) is 2. The van der Waals surface area contributed by atoms with E-state index in [-0.39, 0.29) is 12.5 Å².